The molecule has 0 atom stereocenters. The van der Waals surface area contributed by atoms with Gasteiger partial charge < -0.3 is 4.74 Å². The average molecular weight is 369 g/mol. The molecule has 0 saturated carbocycles. The highest BCUT2D eigenvalue weighted by Gasteiger charge is 2.16. The second-order valence-electron chi connectivity index (χ2n) is 7.08. The van der Waals surface area contributed by atoms with Crippen LogP contribution in [0, 0.1) is 20.8 Å². The quantitative estimate of drug-likeness (QED) is 0.470. The fourth-order valence-electron chi connectivity index (χ4n) is 3.05. The van der Waals surface area contributed by atoms with Gasteiger partial charge in [0.2, 0.25) is 0 Å². The summed E-state index contributed by atoms with van der Waals surface area (Å²) in [7, 11) is 0. The van der Waals surface area contributed by atoms with Gasteiger partial charge in [-0.2, -0.15) is 0 Å². The highest BCUT2D eigenvalue weighted by Crippen LogP contribution is 2.24. The van der Waals surface area contributed by atoms with Gasteiger partial charge in [0.25, 0.3) is 0 Å². The predicted molar refractivity (Wildman–Crippen MR) is 112 cm³/mol. The summed E-state index contributed by atoms with van der Waals surface area (Å²) in [4.78, 5) is 0. The van der Waals surface area contributed by atoms with Crippen LogP contribution >= 0.6 is 0 Å². The zero-order valence-electron chi connectivity index (χ0n) is 16.4. The number of hydrogen-bond acceptors (Lipinski definition) is 3. The largest absolute Gasteiger partial charge is 0.486 e. The van der Waals surface area contributed by atoms with Gasteiger partial charge in [0.15, 0.2) is 11.6 Å². The third kappa shape index (κ3) is 3.81. The molecule has 4 nitrogen and oxygen atoms in total. The van der Waals surface area contributed by atoms with Crippen molar-refractivity contribution in [3.63, 3.8) is 0 Å². The highest BCUT2D eigenvalue weighted by atomic mass is 16.5. The Morgan fingerprint density at radius 1 is 0.679 bits per heavy atom. The van der Waals surface area contributed by atoms with Gasteiger partial charge in [0.05, 0.1) is 0 Å². The molecule has 28 heavy (non-hydrogen) atoms. The standard InChI is InChI=1S/C24H23N3O/c1-17-4-10-20(11-5-17)24-26-25-23(16-28-22-14-8-19(3)9-15-22)27(24)21-12-6-18(2)7-13-21/h4-15H,16H2,1-3H3. The molecule has 0 aliphatic heterocycles. The molecule has 0 fully saturated rings. The number of nitrogens with zero attached hydrogens (tertiary/aromatic N) is 3. The molecule has 0 spiro atoms. The molecule has 0 N–H and O–H groups in total. The van der Waals surface area contributed by atoms with Crippen molar-refractivity contribution < 1.29 is 4.74 Å². The summed E-state index contributed by atoms with van der Waals surface area (Å²) >= 11 is 0. The number of hydrogen-bond donors (Lipinski definition) is 0. The minimum Gasteiger partial charge on any atom is -0.486 e. The number of ether oxygens (including phenoxy) is 1. The van der Waals surface area contributed by atoms with Crippen LogP contribution in [0.25, 0.3) is 17.1 Å². The van der Waals surface area contributed by atoms with Gasteiger partial charge in [-0.3, -0.25) is 4.57 Å². The first-order valence-corrected chi connectivity index (χ1v) is 9.38. The smallest absolute Gasteiger partial charge is 0.175 e. The lowest BCUT2D eigenvalue weighted by molar-refractivity contribution is 0.293. The maximum Gasteiger partial charge on any atom is 0.175 e. The topological polar surface area (TPSA) is 39.9 Å². The molecule has 140 valence electrons. The van der Waals surface area contributed by atoms with Gasteiger partial charge in [0, 0.05) is 11.3 Å². The third-order valence-electron chi connectivity index (χ3n) is 4.72. The summed E-state index contributed by atoms with van der Waals surface area (Å²) in [6, 6.07) is 24.7. The molecule has 1 aromatic heterocycles. The van der Waals surface area contributed by atoms with Crippen LogP contribution in [0.1, 0.15) is 22.5 Å². The Hall–Kier alpha value is -3.40. The van der Waals surface area contributed by atoms with E-state index in [0.717, 1.165) is 28.6 Å². The van der Waals surface area contributed by atoms with Crippen LogP contribution in [-0.2, 0) is 6.61 Å². The molecule has 4 rings (SSSR count). The second-order valence-corrected chi connectivity index (χ2v) is 7.08. The first kappa shape index (κ1) is 18.0. The third-order valence-corrected chi connectivity index (χ3v) is 4.72. The zero-order valence-corrected chi connectivity index (χ0v) is 16.4. The van der Waals surface area contributed by atoms with Crippen molar-refractivity contribution in [3.8, 4) is 22.8 Å². The molecule has 4 aromatic rings. The summed E-state index contributed by atoms with van der Waals surface area (Å²) in [6.07, 6.45) is 0. The van der Waals surface area contributed by atoms with E-state index in [1.807, 2.05) is 24.3 Å². The van der Waals surface area contributed by atoms with Gasteiger partial charge >= 0.3 is 0 Å². The van der Waals surface area contributed by atoms with E-state index < -0.39 is 0 Å². The minimum absolute atomic E-state index is 0.343. The first-order valence-electron chi connectivity index (χ1n) is 9.38. The fraction of sp³-hybridized carbons (Fsp3) is 0.167. The van der Waals surface area contributed by atoms with Gasteiger partial charge in [-0.1, -0.05) is 65.2 Å². The predicted octanol–water partition coefficient (Wildman–Crippen LogP) is 5.44. The van der Waals surface area contributed by atoms with Gasteiger partial charge in [0.1, 0.15) is 12.4 Å². The van der Waals surface area contributed by atoms with Crippen LogP contribution in [0.4, 0.5) is 0 Å². The Bertz CT molecular complexity index is 1060. The van der Waals surface area contributed by atoms with E-state index in [0.29, 0.717) is 6.61 Å². The van der Waals surface area contributed by atoms with Crippen molar-refractivity contribution in [2.75, 3.05) is 0 Å². The van der Waals surface area contributed by atoms with Crippen molar-refractivity contribution >= 4 is 0 Å². The Labute approximate surface area is 165 Å². The monoisotopic (exact) mass is 369 g/mol. The van der Waals surface area contributed by atoms with Gasteiger partial charge in [-0.15, -0.1) is 10.2 Å². The van der Waals surface area contributed by atoms with Crippen molar-refractivity contribution in [1.29, 1.82) is 0 Å². The van der Waals surface area contributed by atoms with E-state index >= 15 is 0 Å². The number of aryl methyl sites for hydroxylation is 3. The Kier molecular flexibility index (Phi) is 4.94. The van der Waals surface area contributed by atoms with Crippen molar-refractivity contribution in [2.24, 2.45) is 0 Å². The van der Waals surface area contributed by atoms with Crippen LogP contribution in [0.15, 0.2) is 72.8 Å². The van der Waals surface area contributed by atoms with Crippen LogP contribution in [0.5, 0.6) is 5.75 Å². The fourth-order valence-corrected chi connectivity index (χ4v) is 3.05. The molecule has 0 bridgehead atoms. The van der Waals surface area contributed by atoms with E-state index in [9.17, 15) is 0 Å². The summed E-state index contributed by atoms with van der Waals surface area (Å²) < 4.78 is 8.05. The van der Waals surface area contributed by atoms with Crippen LogP contribution in [0.3, 0.4) is 0 Å². The van der Waals surface area contributed by atoms with E-state index in [4.69, 9.17) is 4.74 Å². The molecule has 4 heteroatoms. The molecular weight excluding hydrogens is 346 g/mol. The van der Waals surface area contributed by atoms with Crippen LogP contribution in [0.2, 0.25) is 0 Å². The van der Waals surface area contributed by atoms with E-state index in [-0.39, 0.29) is 0 Å². The van der Waals surface area contributed by atoms with Crippen molar-refractivity contribution in [2.45, 2.75) is 27.4 Å². The average Bonchev–Trinajstić information content (AvgIpc) is 3.13. The van der Waals surface area contributed by atoms with Crippen molar-refractivity contribution in [1.82, 2.24) is 14.8 Å². The number of benzene rings is 3. The maximum absolute atomic E-state index is 5.98. The molecule has 1 heterocycles. The molecule has 0 radical (unpaired) electrons. The van der Waals surface area contributed by atoms with Gasteiger partial charge in [-0.05, 0) is 45.0 Å². The molecule has 0 amide bonds. The molecule has 0 aliphatic rings. The normalized spacial score (nSPS) is 10.8. The second kappa shape index (κ2) is 7.69. The molecule has 0 unspecified atom stereocenters. The lowest BCUT2D eigenvalue weighted by atomic mass is 10.1. The summed E-state index contributed by atoms with van der Waals surface area (Å²) in [5.41, 5.74) is 5.69. The minimum atomic E-state index is 0.343. The molecule has 0 saturated heterocycles. The van der Waals surface area contributed by atoms with E-state index in [2.05, 4.69) is 84.1 Å². The first-order chi connectivity index (χ1) is 13.6. The van der Waals surface area contributed by atoms with E-state index in [1.165, 1.54) is 16.7 Å². The number of rotatable bonds is 5. The molecule has 3 aromatic carbocycles. The Morgan fingerprint density at radius 3 is 1.82 bits per heavy atom. The van der Waals surface area contributed by atoms with Crippen molar-refractivity contribution in [3.05, 3.63) is 95.3 Å². The molecule has 0 aliphatic carbocycles. The summed E-state index contributed by atoms with van der Waals surface area (Å²) in [6.45, 7) is 6.56. The molecular formula is C24H23N3O. The summed E-state index contributed by atoms with van der Waals surface area (Å²) in [5.74, 6) is 2.40. The Balaban J connectivity index is 1.72. The summed E-state index contributed by atoms with van der Waals surface area (Å²) in [5, 5.41) is 8.91. The highest BCUT2D eigenvalue weighted by molar-refractivity contribution is 5.59. The zero-order chi connectivity index (χ0) is 19.5. The van der Waals surface area contributed by atoms with Crippen LogP contribution in [-0.4, -0.2) is 14.8 Å². The lowest BCUT2D eigenvalue weighted by Gasteiger charge is -2.12. The lowest BCUT2D eigenvalue weighted by Crippen LogP contribution is -2.07. The SMILES string of the molecule is Cc1ccc(OCc2nnc(-c3ccc(C)cc3)n2-c2ccc(C)cc2)cc1. The maximum atomic E-state index is 5.98. The van der Waals surface area contributed by atoms with E-state index in [1.54, 1.807) is 0 Å². The van der Waals surface area contributed by atoms with Gasteiger partial charge in [-0.25, -0.2) is 0 Å². The van der Waals surface area contributed by atoms with Crippen LogP contribution < -0.4 is 4.74 Å². The number of aromatic nitrogens is 3. The Morgan fingerprint density at radius 2 is 1.21 bits per heavy atom.